The van der Waals surface area contributed by atoms with E-state index < -0.39 is 0 Å². The molecule has 1 aliphatic rings. The van der Waals surface area contributed by atoms with Crippen LogP contribution in [0.1, 0.15) is 40.0 Å². The molecule has 0 saturated carbocycles. The van der Waals surface area contributed by atoms with Crippen LogP contribution >= 0.6 is 0 Å². The van der Waals surface area contributed by atoms with Gasteiger partial charge in [-0.05, 0) is 31.8 Å². The lowest BCUT2D eigenvalue weighted by Gasteiger charge is -2.20. The van der Waals surface area contributed by atoms with E-state index in [2.05, 4.69) is 12.2 Å². The molecule has 1 rings (SSSR count). The van der Waals surface area contributed by atoms with Crippen LogP contribution in [0.4, 0.5) is 0 Å². The summed E-state index contributed by atoms with van der Waals surface area (Å²) in [5, 5.41) is 3.39. The lowest BCUT2D eigenvalue weighted by Crippen LogP contribution is -2.29. The number of hydrogen-bond acceptors (Lipinski definition) is 1. The Morgan fingerprint density at radius 2 is 2.10 bits per heavy atom. The van der Waals surface area contributed by atoms with E-state index in [0.717, 1.165) is 5.92 Å². The van der Waals surface area contributed by atoms with E-state index in [1.54, 1.807) is 0 Å². The highest BCUT2D eigenvalue weighted by Gasteiger charge is 2.08. The van der Waals surface area contributed by atoms with Gasteiger partial charge in [0.2, 0.25) is 0 Å². The van der Waals surface area contributed by atoms with Crippen LogP contribution in [0, 0.1) is 5.92 Å². The second-order valence-electron chi connectivity index (χ2n) is 2.62. The van der Waals surface area contributed by atoms with Gasteiger partial charge in [0.15, 0.2) is 0 Å². The number of rotatable bonds is 1. The highest BCUT2D eigenvalue weighted by molar-refractivity contribution is 4.66. The molecule has 0 radical (unpaired) electrons. The molecular weight excluding hydrogens is 122 g/mol. The van der Waals surface area contributed by atoms with Gasteiger partial charge in [0.25, 0.3) is 0 Å². The minimum absolute atomic E-state index is 0.976. The van der Waals surface area contributed by atoms with E-state index in [1.165, 1.54) is 32.4 Å². The zero-order valence-corrected chi connectivity index (χ0v) is 7.61. The Bertz CT molecular complexity index is 55.7. The molecule has 1 heterocycles. The third-order valence-corrected chi connectivity index (χ3v) is 1.98. The molecule has 1 saturated heterocycles. The maximum Gasteiger partial charge on any atom is -0.00206 e. The Kier molecular flexibility index (Phi) is 7.04. The SMILES string of the molecule is CC.CCC1CCCNC1. The molecule has 0 spiro atoms. The van der Waals surface area contributed by atoms with Crippen molar-refractivity contribution in [2.75, 3.05) is 13.1 Å². The summed E-state index contributed by atoms with van der Waals surface area (Å²) < 4.78 is 0. The van der Waals surface area contributed by atoms with Gasteiger partial charge in [-0.15, -0.1) is 0 Å². The summed E-state index contributed by atoms with van der Waals surface area (Å²) in [6.45, 7) is 8.78. The first-order chi connectivity index (χ1) is 4.93. The molecule has 1 fully saturated rings. The maximum absolute atomic E-state index is 3.39. The van der Waals surface area contributed by atoms with Gasteiger partial charge < -0.3 is 5.32 Å². The molecule has 0 aromatic heterocycles. The van der Waals surface area contributed by atoms with Crippen molar-refractivity contribution in [2.24, 2.45) is 5.92 Å². The quantitative estimate of drug-likeness (QED) is 0.594. The fourth-order valence-electron chi connectivity index (χ4n) is 1.27. The van der Waals surface area contributed by atoms with Crippen LogP contribution in [0.25, 0.3) is 0 Å². The van der Waals surface area contributed by atoms with Crippen LogP contribution in [-0.2, 0) is 0 Å². The van der Waals surface area contributed by atoms with Crippen molar-refractivity contribution in [3.8, 4) is 0 Å². The van der Waals surface area contributed by atoms with E-state index in [0.29, 0.717) is 0 Å². The van der Waals surface area contributed by atoms with Crippen LogP contribution in [0.15, 0.2) is 0 Å². The molecule has 0 aromatic carbocycles. The second kappa shape index (κ2) is 7.07. The van der Waals surface area contributed by atoms with Crippen LogP contribution in [0.5, 0.6) is 0 Å². The molecule has 1 atom stereocenters. The number of piperidine rings is 1. The first-order valence-electron chi connectivity index (χ1n) is 4.64. The van der Waals surface area contributed by atoms with E-state index in [1.807, 2.05) is 13.8 Å². The summed E-state index contributed by atoms with van der Waals surface area (Å²) in [7, 11) is 0. The third-order valence-electron chi connectivity index (χ3n) is 1.98. The fraction of sp³-hybridized carbons (Fsp3) is 1.00. The monoisotopic (exact) mass is 143 g/mol. The Hall–Kier alpha value is -0.0400. The average Bonchev–Trinajstić information content (AvgIpc) is 2.10. The summed E-state index contributed by atoms with van der Waals surface area (Å²) in [6.07, 6.45) is 4.19. The number of hydrogen-bond donors (Lipinski definition) is 1. The minimum atomic E-state index is 0.976. The zero-order chi connectivity index (χ0) is 7.82. The van der Waals surface area contributed by atoms with Gasteiger partial charge >= 0.3 is 0 Å². The van der Waals surface area contributed by atoms with Gasteiger partial charge in [-0.1, -0.05) is 27.2 Å². The molecule has 0 bridgehead atoms. The van der Waals surface area contributed by atoms with Gasteiger partial charge in [-0.2, -0.15) is 0 Å². The predicted octanol–water partition coefficient (Wildman–Crippen LogP) is 2.42. The Balaban J connectivity index is 0.000000371. The van der Waals surface area contributed by atoms with Crippen molar-refractivity contribution >= 4 is 0 Å². The van der Waals surface area contributed by atoms with Crippen LogP contribution in [0.3, 0.4) is 0 Å². The summed E-state index contributed by atoms with van der Waals surface area (Å²) in [5.41, 5.74) is 0. The summed E-state index contributed by atoms with van der Waals surface area (Å²) in [6, 6.07) is 0. The van der Waals surface area contributed by atoms with E-state index >= 15 is 0 Å². The van der Waals surface area contributed by atoms with Crippen molar-refractivity contribution in [3.63, 3.8) is 0 Å². The summed E-state index contributed by atoms with van der Waals surface area (Å²) >= 11 is 0. The molecule has 1 nitrogen and oxygen atoms in total. The van der Waals surface area contributed by atoms with Gasteiger partial charge in [-0.25, -0.2) is 0 Å². The normalized spacial score (nSPS) is 24.9. The summed E-state index contributed by atoms with van der Waals surface area (Å²) in [4.78, 5) is 0. The second-order valence-corrected chi connectivity index (χ2v) is 2.62. The Morgan fingerprint density at radius 3 is 2.40 bits per heavy atom. The average molecular weight is 143 g/mol. The fourth-order valence-corrected chi connectivity index (χ4v) is 1.27. The van der Waals surface area contributed by atoms with Gasteiger partial charge in [0.05, 0.1) is 0 Å². The standard InChI is InChI=1S/C7H15N.C2H6/c1-2-7-4-3-5-8-6-7;1-2/h7-8H,2-6H2,1H3;1-2H3. The maximum atomic E-state index is 3.39. The van der Waals surface area contributed by atoms with Crippen molar-refractivity contribution in [2.45, 2.75) is 40.0 Å². The molecule has 10 heavy (non-hydrogen) atoms. The Labute approximate surface area is 65.2 Å². The van der Waals surface area contributed by atoms with Gasteiger partial charge in [0.1, 0.15) is 0 Å². The molecule has 0 amide bonds. The van der Waals surface area contributed by atoms with Crippen molar-refractivity contribution in [1.29, 1.82) is 0 Å². The summed E-state index contributed by atoms with van der Waals surface area (Å²) in [5.74, 6) is 0.976. The molecule has 1 unspecified atom stereocenters. The smallest absolute Gasteiger partial charge is 0.00206 e. The van der Waals surface area contributed by atoms with Crippen molar-refractivity contribution in [3.05, 3.63) is 0 Å². The molecular formula is C9H21N. The predicted molar refractivity (Wildman–Crippen MR) is 47.2 cm³/mol. The molecule has 62 valence electrons. The minimum Gasteiger partial charge on any atom is -0.316 e. The highest BCUT2D eigenvalue weighted by atomic mass is 14.9. The van der Waals surface area contributed by atoms with E-state index in [9.17, 15) is 0 Å². The van der Waals surface area contributed by atoms with E-state index in [4.69, 9.17) is 0 Å². The molecule has 0 aliphatic carbocycles. The molecule has 1 N–H and O–H groups in total. The van der Waals surface area contributed by atoms with Gasteiger partial charge in [0, 0.05) is 0 Å². The third kappa shape index (κ3) is 3.89. The number of nitrogens with one attached hydrogen (secondary N) is 1. The topological polar surface area (TPSA) is 12.0 Å². The molecule has 1 heteroatoms. The Morgan fingerprint density at radius 1 is 1.40 bits per heavy atom. The molecule has 0 aromatic rings. The van der Waals surface area contributed by atoms with Crippen LogP contribution < -0.4 is 5.32 Å². The van der Waals surface area contributed by atoms with Crippen molar-refractivity contribution < 1.29 is 0 Å². The molecule has 1 aliphatic heterocycles. The van der Waals surface area contributed by atoms with Gasteiger partial charge in [-0.3, -0.25) is 0 Å². The lowest BCUT2D eigenvalue weighted by atomic mass is 9.97. The van der Waals surface area contributed by atoms with E-state index in [-0.39, 0.29) is 0 Å². The first-order valence-corrected chi connectivity index (χ1v) is 4.64. The zero-order valence-electron chi connectivity index (χ0n) is 7.61. The van der Waals surface area contributed by atoms with Crippen LogP contribution in [0.2, 0.25) is 0 Å². The van der Waals surface area contributed by atoms with Crippen LogP contribution in [-0.4, -0.2) is 13.1 Å². The highest BCUT2D eigenvalue weighted by Crippen LogP contribution is 2.12. The first kappa shape index (κ1) is 9.96. The largest absolute Gasteiger partial charge is 0.316 e. The lowest BCUT2D eigenvalue weighted by molar-refractivity contribution is 0.369. The van der Waals surface area contributed by atoms with Crippen molar-refractivity contribution in [1.82, 2.24) is 5.32 Å².